The molecule has 0 atom stereocenters. The van der Waals surface area contributed by atoms with E-state index in [1.54, 1.807) is 4.90 Å². The first-order chi connectivity index (χ1) is 7.34. The summed E-state index contributed by atoms with van der Waals surface area (Å²) in [5.41, 5.74) is 5.43. The van der Waals surface area contributed by atoms with Crippen LogP contribution in [-0.2, 0) is 9.53 Å². The minimum Gasteiger partial charge on any atom is -0.393 e. The predicted octanol–water partition coefficient (Wildman–Crippen LogP) is 1.32. The van der Waals surface area contributed by atoms with Gasteiger partial charge in [-0.3, -0.25) is 4.79 Å². The van der Waals surface area contributed by atoms with Gasteiger partial charge in [0.25, 0.3) is 0 Å². The normalized spacial score (nSPS) is 10.9. The highest BCUT2D eigenvalue weighted by Crippen LogP contribution is 2.02. The third-order valence-corrected chi connectivity index (χ3v) is 2.29. The smallest absolute Gasteiger partial charge is 0.248 e. The van der Waals surface area contributed by atoms with Gasteiger partial charge in [0.1, 0.15) is 6.61 Å². The number of thiocarbonyl (C=S) groups is 1. The molecule has 94 valence electrons. The van der Waals surface area contributed by atoms with Crippen LogP contribution in [0.4, 0.5) is 0 Å². The molecule has 0 unspecified atom stereocenters. The van der Waals surface area contributed by atoms with E-state index in [-0.39, 0.29) is 24.7 Å². The van der Waals surface area contributed by atoms with Crippen LogP contribution >= 0.6 is 12.2 Å². The Bertz CT molecular complexity index is 242. The largest absolute Gasteiger partial charge is 0.393 e. The van der Waals surface area contributed by atoms with Gasteiger partial charge >= 0.3 is 0 Å². The molecule has 0 aromatic rings. The fourth-order valence-corrected chi connectivity index (χ4v) is 1.31. The highest BCUT2D eigenvalue weighted by atomic mass is 32.1. The summed E-state index contributed by atoms with van der Waals surface area (Å²) in [5, 5.41) is 0. The number of nitrogens with two attached hydrogens (primary N) is 1. The van der Waals surface area contributed by atoms with Crippen molar-refractivity contribution in [3.8, 4) is 0 Å². The Hall–Kier alpha value is -0.680. The molecule has 0 bridgehead atoms. The summed E-state index contributed by atoms with van der Waals surface area (Å²) in [4.78, 5) is 14.0. The molecule has 0 aliphatic heterocycles. The van der Waals surface area contributed by atoms with Gasteiger partial charge in [0, 0.05) is 19.0 Å². The number of hydrogen-bond donors (Lipinski definition) is 1. The minimum atomic E-state index is -0.0139. The zero-order chi connectivity index (χ0) is 12.7. The molecule has 4 nitrogen and oxygen atoms in total. The molecule has 0 aliphatic carbocycles. The van der Waals surface area contributed by atoms with Crippen LogP contribution in [0.15, 0.2) is 0 Å². The van der Waals surface area contributed by atoms with Gasteiger partial charge < -0.3 is 15.4 Å². The van der Waals surface area contributed by atoms with Crippen molar-refractivity contribution in [1.82, 2.24) is 4.90 Å². The molecule has 0 rings (SSSR count). The zero-order valence-corrected chi connectivity index (χ0v) is 11.3. The van der Waals surface area contributed by atoms with Gasteiger partial charge in [-0.05, 0) is 27.7 Å². The number of carbonyl (C=O) groups is 1. The molecule has 0 heterocycles. The van der Waals surface area contributed by atoms with Crippen molar-refractivity contribution in [3.05, 3.63) is 0 Å². The van der Waals surface area contributed by atoms with Crippen molar-refractivity contribution in [2.45, 2.75) is 46.3 Å². The van der Waals surface area contributed by atoms with Crippen LogP contribution in [0.5, 0.6) is 0 Å². The van der Waals surface area contributed by atoms with E-state index in [2.05, 4.69) is 0 Å². The highest BCUT2D eigenvalue weighted by molar-refractivity contribution is 7.80. The number of hydrogen-bond acceptors (Lipinski definition) is 3. The lowest BCUT2D eigenvalue weighted by atomic mass is 10.2. The van der Waals surface area contributed by atoms with Crippen LogP contribution in [0.3, 0.4) is 0 Å². The summed E-state index contributed by atoms with van der Waals surface area (Å²) >= 11 is 4.80. The second kappa shape index (κ2) is 7.57. The quantitative estimate of drug-likeness (QED) is 0.688. The van der Waals surface area contributed by atoms with Crippen LogP contribution in [0.1, 0.15) is 34.1 Å². The molecule has 2 N–H and O–H groups in total. The zero-order valence-electron chi connectivity index (χ0n) is 10.5. The molecule has 0 spiro atoms. The van der Waals surface area contributed by atoms with Gasteiger partial charge in [0.05, 0.1) is 11.1 Å². The minimum absolute atomic E-state index is 0.0139. The lowest BCUT2D eigenvalue weighted by molar-refractivity contribution is -0.139. The maximum atomic E-state index is 11.8. The lowest BCUT2D eigenvalue weighted by Crippen LogP contribution is -2.41. The molecule has 0 aromatic carbocycles. The second-order valence-electron chi connectivity index (χ2n) is 4.26. The fourth-order valence-electron chi connectivity index (χ4n) is 1.22. The van der Waals surface area contributed by atoms with Crippen molar-refractivity contribution in [1.29, 1.82) is 0 Å². The molecular weight excluding hydrogens is 224 g/mol. The maximum absolute atomic E-state index is 11.8. The first kappa shape index (κ1) is 15.3. The summed E-state index contributed by atoms with van der Waals surface area (Å²) in [6.07, 6.45) is 0.620. The molecule has 5 heteroatoms. The molecule has 0 aliphatic rings. The first-order valence-corrected chi connectivity index (χ1v) is 5.94. The van der Waals surface area contributed by atoms with E-state index in [1.165, 1.54) is 0 Å². The second-order valence-corrected chi connectivity index (χ2v) is 4.78. The molecule has 1 amide bonds. The summed E-state index contributed by atoms with van der Waals surface area (Å²) in [6.45, 7) is 8.42. The van der Waals surface area contributed by atoms with E-state index in [0.29, 0.717) is 18.0 Å². The van der Waals surface area contributed by atoms with Crippen molar-refractivity contribution in [2.24, 2.45) is 5.73 Å². The van der Waals surface area contributed by atoms with E-state index in [1.807, 2.05) is 27.7 Å². The number of carbonyl (C=O) groups excluding carboxylic acids is 1. The van der Waals surface area contributed by atoms with E-state index < -0.39 is 0 Å². The summed E-state index contributed by atoms with van der Waals surface area (Å²) in [7, 11) is 0. The molecule has 0 aromatic heterocycles. The Kier molecular flexibility index (Phi) is 7.25. The molecule has 0 saturated carbocycles. The summed E-state index contributed by atoms with van der Waals surface area (Å²) in [6, 6.07) is 0.137. The number of rotatable bonds is 7. The standard InChI is InChI=1S/C11H22N2O2S/c1-8(2)13(6-5-10(12)16)11(14)7-15-9(3)4/h8-9H,5-7H2,1-4H3,(H2,12,16). The topological polar surface area (TPSA) is 55.6 Å². The molecule has 0 saturated heterocycles. The van der Waals surface area contributed by atoms with E-state index in [0.717, 1.165) is 0 Å². The summed E-state index contributed by atoms with van der Waals surface area (Å²) in [5.74, 6) is -0.0139. The van der Waals surface area contributed by atoms with Gasteiger partial charge in [-0.25, -0.2) is 0 Å². The average Bonchev–Trinajstić information content (AvgIpc) is 2.13. The number of ether oxygens (including phenoxy) is 1. The van der Waals surface area contributed by atoms with Crippen molar-refractivity contribution in [3.63, 3.8) is 0 Å². The van der Waals surface area contributed by atoms with Gasteiger partial charge in [0.15, 0.2) is 0 Å². The Morgan fingerprint density at radius 3 is 2.31 bits per heavy atom. The van der Waals surface area contributed by atoms with Gasteiger partial charge in [-0.1, -0.05) is 12.2 Å². The van der Waals surface area contributed by atoms with Gasteiger partial charge in [-0.2, -0.15) is 0 Å². The lowest BCUT2D eigenvalue weighted by Gasteiger charge is -2.26. The van der Waals surface area contributed by atoms with Crippen molar-refractivity contribution in [2.75, 3.05) is 13.2 Å². The fraction of sp³-hybridized carbons (Fsp3) is 0.818. The Balaban J connectivity index is 4.19. The Morgan fingerprint density at radius 2 is 1.94 bits per heavy atom. The number of amides is 1. The molecule has 0 fully saturated rings. The average molecular weight is 246 g/mol. The van der Waals surface area contributed by atoms with Crippen LogP contribution in [0.2, 0.25) is 0 Å². The summed E-state index contributed by atoms with van der Waals surface area (Å²) < 4.78 is 5.29. The van der Waals surface area contributed by atoms with Gasteiger partial charge in [-0.15, -0.1) is 0 Å². The Morgan fingerprint density at radius 1 is 1.38 bits per heavy atom. The maximum Gasteiger partial charge on any atom is 0.248 e. The van der Waals surface area contributed by atoms with Crippen LogP contribution in [0, 0.1) is 0 Å². The molecule has 16 heavy (non-hydrogen) atoms. The predicted molar refractivity (Wildman–Crippen MR) is 69.3 cm³/mol. The third-order valence-electron chi connectivity index (χ3n) is 2.08. The van der Waals surface area contributed by atoms with Crippen LogP contribution in [0.25, 0.3) is 0 Å². The number of nitrogens with zero attached hydrogens (tertiary/aromatic N) is 1. The van der Waals surface area contributed by atoms with E-state index in [4.69, 9.17) is 22.7 Å². The third kappa shape index (κ3) is 6.74. The van der Waals surface area contributed by atoms with Crippen molar-refractivity contribution < 1.29 is 9.53 Å². The van der Waals surface area contributed by atoms with Crippen molar-refractivity contribution >= 4 is 23.1 Å². The highest BCUT2D eigenvalue weighted by Gasteiger charge is 2.17. The SMILES string of the molecule is CC(C)OCC(=O)N(CCC(N)=S)C(C)C. The first-order valence-electron chi connectivity index (χ1n) is 5.54. The van der Waals surface area contributed by atoms with Crippen LogP contribution in [-0.4, -0.2) is 41.1 Å². The van der Waals surface area contributed by atoms with E-state index in [9.17, 15) is 4.79 Å². The molecular formula is C11H22N2O2S. The van der Waals surface area contributed by atoms with Gasteiger partial charge in [0.2, 0.25) is 5.91 Å². The Labute approximate surface area is 103 Å². The monoisotopic (exact) mass is 246 g/mol. The van der Waals surface area contributed by atoms with Crippen LogP contribution < -0.4 is 5.73 Å². The molecule has 0 radical (unpaired) electrons. The van der Waals surface area contributed by atoms with E-state index >= 15 is 0 Å².